The highest BCUT2D eigenvalue weighted by Gasteiger charge is 2.27. The summed E-state index contributed by atoms with van der Waals surface area (Å²) in [6.07, 6.45) is 6.86. The second-order valence-corrected chi connectivity index (χ2v) is 8.40. The monoisotopic (exact) mass is 334 g/mol. The van der Waals surface area contributed by atoms with Gasteiger partial charge in [-0.2, -0.15) is 5.10 Å². The molecule has 0 aliphatic carbocycles. The van der Waals surface area contributed by atoms with Crippen LogP contribution in [-0.2, 0) is 16.4 Å². The van der Waals surface area contributed by atoms with E-state index >= 15 is 0 Å². The molecule has 1 N–H and O–H groups in total. The Hall–Kier alpha value is -1.73. The molecule has 0 aromatic carbocycles. The number of sulfone groups is 1. The van der Waals surface area contributed by atoms with Crippen LogP contribution in [0.5, 0.6) is 0 Å². The minimum atomic E-state index is -2.80. The van der Waals surface area contributed by atoms with Crippen LogP contribution in [0.25, 0.3) is 5.82 Å². The first-order valence-corrected chi connectivity index (χ1v) is 9.75. The van der Waals surface area contributed by atoms with E-state index in [9.17, 15) is 8.42 Å². The molecule has 124 valence electrons. The van der Waals surface area contributed by atoms with Gasteiger partial charge in [-0.25, -0.2) is 18.1 Å². The van der Waals surface area contributed by atoms with Crippen LogP contribution in [0.15, 0.2) is 36.8 Å². The van der Waals surface area contributed by atoms with Crippen molar-refractivity contribution in [1.29, 1.82) is 0 Å². The SMILES string of the molecule is CC(NCc1cccnc1-n1cccn1)C1CCS(=O)(=O)CC1. The summed E-state index contributed by atoms with van der Waals surface area (Å²) in [4.78, 5) is 4.41. The quantitative estimate of drug-likeness (QED) is 0.898. The van der Waals surface area contributed by atoms with Crippen molar-refractivity contribution in [3.05, 3.63) is 42.4 Å². The molecule has 1 fully saturated rings. The molecule has 7 heteroatoms. The van der Waals surface area contributed by atoms with E-state index in [4.69, 9.17) is 0 Å². The summed E-state index contributed by atoms with van der Waals surface area (Å²) in [6, 6.07) is 6.10. The van der Waals surface area contributed by atoms with Crippen LogP contribution >= 0.6 is 0 Å². The second-order valence-electron chi connectivity index (χ2n) is 6.10. The fourth-order valence-corrected chi connectivity index (χ4v) is 4.54. The fourth-order valence-electron chi connectivity index (χ4n) is 3.01. The van der Waals surface area contributed by atoms with Gasteiger partial charge in [0.2, 0.25) is 0 Å². The summed E-state index contributed by atoms with van der Waals surface area (Å²) in [5.74, 6) is 1.86. The Morgan fingerprint density at radius 3 is 2.78 bits per heavy atom. The topological polar surface area (TPSA) is 76.9 Å². The molecule has 3 heterocycles. The van der Waals surface area contributed by atoms with E-state index in [2.05, 4.69) is 22.3 Å². The van der Waals surface area contributed by atoms with Crippen LogP contribution < -0.4 is 5.32 Å². The van der Waals surface area contributed by atoms with Crippen molar-refractivity contribution in [2.24, 2.45) is 5.92 Å². The summed E-state index contributed by atoms with van der Waals surface area (Å²) >= 11 is 0. The van der Waals surface area contributed by atoms with Gasteiger partial charge in [0.25, 0.3) is 0 Å². The Morgan fingerprint density at radius 2 is 2.09 bits per heavy atom. The lowest BCUT2D eigenvalue weighted by Crippen LogP contribution is -2.38. The van der Waals surface area contributed by atoms with Crippen molar-refractivity contribution in [3.8, 4) is 5.82 Å². The van der Waals surface area contributed by atoms with Gasteiger partial charge in [-0.1, -0.05) is 6.07 Å². The van der Waals surface area contributed by atoms with Crippen molar-refractivity contribution in [2.75, 3.05) is 11.5 Å². The molecule has 0 saturated carbocycles. The molecular weight excluding hydrogens is 312 g/mol. The molecule has 0 spiro atoms. The van der Waals surface area contributed by atoms with E-state index in [0.717, 1.165) is 24.2 Å². The number of nitrogens with zero attached hydrogens (tertiary/aromatic N) is 3. The van der Waals surface area contributed by atoms with Crippen molar-refractivity contribution in [3.63, 3.8) is 0 Å². The van der Waals surface area contributed by atoms with Crippen molar-refractivity contribution >= 4 is 9.84 Å². The zero-order valence-corrected chi connectivity index (χ0v) is 14.0. The molecule has 0 amide bonds. The molecule has 3 rings (SSSR count). The maximum absolute atomic E-state index is 11.5. The number of hydrogen-bond donors (Lipinski definition) is 1. The van der Waals surface area contributed by atoms with Gasteiger partial charge in [0, 0.05) is 36.7 Å². The summed E-state index contributed by atoms with van der Waals surface area (Å²) in [6.45, 7) is 2.82. The van der Waals surface area contributed by atoms with Crippen molar-refractivity contribution in [2.45, 2.75) is 32.4 Å². The van der Waals surface area contributed by atoms with Gasteiger partial charge in [0.05, 0.1) is 11.5 Å². The van der Waals surface area contributed by atoms with E-state index in [0.29, 0.717) is 24.0 Å². The molecular formula is C16H22N4O2S. The van der Waals surface area contributed by atoms with E-state index < -0.39 is 9.84 Å². The number of rotatable bonds is 5. The molecule has 2 aromatic rings. The van der Waals surface area contributed by atoms with E-state index in [1.165, 1.54) is 0 Å². The number of nitrogens with one attached hydrogen (secondary N) is 1. The third-order valence-electron chi connectivity index (χ3n) is 4.51. The summed E-state index contributed by atoms with van der Waals surface area (Å²) in [5.41, 5.74) is 1.08. The molecule has 1 unspecified atom stereocenters. The van der Waals surface area contributed by atoms with Gasteiger partial charge in [-0.3, -0.25) is 0 Å². The molecule has 0 bridgehead atoms. The minimum Gasteiger partial charge on any atom is -0.310 e. The largest absolute Gasteiger partial charge is 0.310 e. The number of hydrogen-bond acceptors (Lipinski definition) is 5. The molecule has 2 aromatic heterocycles. The van der Waals surface area contributed by atoms with Crippen LogP contribution in [0.2, 0.25) is 0 Å². The zero-order chi connectivity index (χ0) is 16.3. The molecule has 0 radical (unpaired) electrons. The standard InChI is InChI=1S/C16H22N4O2S/c1-13(14-5-10-23(21,22)11-6-14)18-12-15-4-2-7-17-16(15)20-9-3-8-19-20/h2-4,7-9,13-14,18H,5-6,10-12H2,1H3. The second kappa shape index (κ2) is 6.80. The summed E-state index contributed by atoms with van der Waals surface area (Å²) in [5, 5.41) is 7.76. The molecule has 1 saturated heterocycles. The van der Waals surface area contributed by atoms with Crippen LogP contribution in [0.1, 0.15) is 25.3 Å². The van der Waals surface area contributed by atoms with Gasteiger partial charge in [0.1, 0.15) is 9.84 Å². The molecule has 6 nitrogen and oxygen atoms in total. The molecule has 23 heavy (non-hydrogen) atoms. The Morgan fingerprint density at radius 1 is 1.30 bits per heavy atom. The van der Waals surface area contributed by atoms with E-state index in [-0.39, 0.29) is 6.04 Å². The Kier molecular flexibility index (Phi) is 4.77. The first kappa shape index (κ1) is 16.1. The number of pyridine rings is 1. The highest BCUT2D eigenvalue weighted by Crippen LogP contribution is 2.22. The van der Waals surface area contributed by atoms with Crippen LogP contribution in [0, 0.1) is 5.92 Å². The third-order valence-corrected chi connectivity index (χ3v) is 6.23. The molecule has 1 aliphatic heterocycles. The van der Waals surface area contributed by atoms with Gasteiger partial charge in [-0.05, 0) is 37.8 Å². The van der Waals surface area contributed by atoms with Crippen LogP contribution in [0.4, 0.5) is 0 Å². The Bertz CT molecular complexity index is 729. The normalized spacial score (nSPS) is 19.5. The average Bonchev–Trinajstić information content (AvgIpc) is 3.07. The predicted octanol–water partition coefficient (Wildman–Crippen LogP) is 1.57. The predicted molar refractivity (Wildman–Crippen MR) is 89.0 cm³/mol. The van der Waals surface area contributed by atoms with Gasteiger partial charge in [0.15, 0.2) is 5.82 Å². The van der Waals surface area contributed by atoms with Crippen molar-refractivity contribution < 1.29 is 8.42 Å². The Balaban J connectivity index is 1.63. The highest BCUT2D eigenvalue weighted by atomic mass is 32.2. The highest BCUT2D eigenvalue weighted by molar-refractivity contribution is 7.91. The maximum atomic E-state index is 11.5. The first-order valence-electron chi connectivity index (χ1n) is 7.93. The van der Waals surface area contributed by atoms with Crippen LogP contribution in [-0.4, -0.2) is 40.7 Å². The lowest BCUT2D eigenvalue weighted by molar-refractivity contribution is 0.344. The molecule has 1 aliphatic rings. The summed E-state index contributed by atoms with van der Waals surface area (Å²) < 4.78 is 24.8. The van der Waals surface area contributed by atoms with E-state index in [1.807, 2.05) is 24.4 Å². The lowest BCUT2D eigenvalue weighted by atomic mass is 9.95. The fraction of sp³-hybridized carbons (Fsp3) is 0.500. The smallest absolute Gasteiger partial charge is 0.157 e. The molecule has 1 atom stereocenters. The maximum Gasteiger partial charge on any atom is 0.157 e. The Labute approximate surface area is 136 Å². The number of aromatic nitrogens is 3. The van der Waals surface area contributed by atoms with Crippen molar-refractivity contribution in [1.82, 2.24) is 20.1 Å². The average molecular weight is 334 g/mol. The zero-order valence-electron chi connectivity index (χ0n) is 13.2. The van der Waals surface area contributed by atoms with Gasteiger partial charge in [-0.15, -0.1) is 0 Å². The summed E-state index contributed by atoms with van der Waals surface area (Å²) in [7, 11) is -2.80. The van der Waals surface area contributed by atoms with Gasteiger partial charge < -0.3 is 5.32 Å². The first-order chi connectivity index (χ1) is 11.1. The van der Waals surface area contributed by atoms with E-state index in [1.54, 1.807) is 17.1 Å². The third kappa shape index (κ3) is 3.97. The minimum absolute atomic E-state index is 0.274. The lowest BCUT2D eigenvalue weighted by Gasteiger charge is -2.28. The van der Waals surface area contributed by atoms with Crippen LogP contribution in [0.3, 0.4) is 0 Å². The van der Waals surface area contributed by atoms with Gasteiger partial charge >= 0.3 is 0 Å².